The van der Waals surface area contributed by atoms with E-state index in [1.807, 2.05) is 25.2 Å². The van der Waals surface area contributed by atoms with E-state index < -0.39 is 11.0 Å². The largest absolute Gasteiger partial charge is 0.490 e. The minimum atomic E-state index is -0.899. The van der Waals surface area contributed by atoms with E-state index in [-0.39, 0.29) is 5.91 Å². The van der Waals surface area contributed by atoms with E-state index in [0.29, 0.717) is 19.7 Å². The van der Waals surface area contributed by atoms with Crippen LogP contribution in [0.15, 0.2) is 18.2 Å². The van der Waals surface area contributed by atoms with Crippen molar-refractivity contribution in [3.8, 4) is 5.75 Å². The van der Waals surface area contributed by atoms with Gasteiger partial charge >= 0.3 is 0 Å². The lowest BCUT2D eigenvalue weighted by Gasteiger charge is -2.56. The minimum absolute atomic E-state index is 0.0629. The molecule has 1 amide bonds. The number of rotatable bonds is 3. The number of amides is 1. The summed E-state index contributed by atoms with van der Waals surface area (Å²) in [6, 6.07) is 5.71. The highest BCUT2D eigenvalue weighted by atomic mass is 16.5. The molecule has 6 heteroatoms. The molecule has 6 nitrogen and oxygen atoms in total. The summed E-state index contributed by atoms with van der Waals surface area (Å²) in [7, 11) is 2.02. The molecule has 2 heterocycles. The molecule has 1 aromatic rings. The van der Waals surface area contributed by atoms with Crippen molar-refractivity contribution in [3.63, 3.8) is 0 Å². The Labute approximate surface area is 135 Å². The third-order valence-corrected chi connectivity index (χ3v) is 5.68. The number of aliphatic hydroxyl groups is 1. The van der Waals surface area contributed by atoms with Gasteiger partial charge in [0.2, 0.25) is 5.91 Å². The minimum Gasteiger partial charge on any atom is -0.490 e. The second-order valence-corrected chi connectivity index (χ2v) is 6.98. The Bertz CT molecular complexity index is 638. The molecule has 1 aliphatic carbocycles. The van der Waals surface area contributed by atoms with Gasteiger partial charge in [0.05, 0.1) is 17.6 Å². The Morgan fingerprint density at radius 2 is 2.17 bits per heavy atom. The summed E-state index contributed by atoms with van der Waals surface area (Å²) in [6.07, 6.45) is 2.51. The van der Waals surface area contributed by atoms with E-state index in [0.717, 1.165) is 42.9 Å². The predicted molar refractivity (Wildman–Crippen MR) is 87.9 cm³/mol. The molecule has 2 aliphatic heterocycles. The van der Waals surface area contributed by atoms with Crippen molar-refractivity contribution in [1.29, 1.82) is 0 Å². The van der Waals surface area contributed by atoms with Crippen molar-refractivity contribution in [2.24, 2.45) is 5.41 Å². The number of β-amino-alcohol motifs (C(OH)–C–C–N with tert-alkyl or cyclic N) is 1. The smallest absolute Gasteiger partial charge is 0.233 e. The topological polar surface area (TPSA) is 73.8 Å². The molecule has 23 heavy (non-hydrogen) atoms. The van der Waals surface area contributed by atoms with Gasteiger partial charge in [0.1, 0.15) is 18.0 Å². The summed E-state index contributed by atoms with van der Waals surface area (Å²) in [5.74, 6) is 0.781. The second-order valence-electron chi connectivity index (χ2n) is 6.98. The number of nitrogens with zero attached hydrogens (tertiary/aromatic N) is 1. The summed E-state index contributed by atoms with van der Waals surface area (Å²) in [5, 5.41) is 16.8. The summed E-state index contributed by atoms with van der Waals surface area (Å²) >= 11 is 0. The summed E-state index contributed by atoms with van der Waals surface area (Å²) in [6.45, 7) is 2.51. The lowest BCUT2D eigenvalue weighted by molar-refractivity contribution is -0.173. The molecule has 1 saturated carbocycles. The predicted octanol–water partition coefficient (Wildman–Crippen LogP) is 0.958. The average Bonchev–Trinajstić information content (AvgIpc) is 2.45. The van der Waals surface area contributed by atoms with Crippen LogP contribution in [0.1, 0.15) is 19.3 Å². The Balaban J connectivity index is 1.56. The molecule has 4 rings (SSSR count). The number of likely N-dealkylation sites (N-methyl/N-ethyl adjacent to an activating group) is 1. The van der Waals surface area contributed by atoms with Gasteiger partial charge in [0, 0.05) is 25.8 Å². The van der Waals surface area contributed by atoms with Crippen LogP contribution < -0.4 is 20.3 Å². The molecule has 0 aromatic heterocycles. The molecule has 0 spiro atoms. The first kappa shape index (κ1) is 14.8. The van der Waals surface area contributed by atoms with Crippen LogP contribution in [0.25, 0.3) is 0 Å². The highest BCUT2D eigenvalue weighted by molar-refractivity contribution is 5.97. The van der Waals surface area contributed by atoms with Gasteiger partial charge in [-0.1, -0.05) is 6.42 Å². The van der Waals surface area contributed by atoms with Crippen LogP contribution >= 0.6 is 0 Å². The molecule has 0 bridgehead atoms. The number of benzene rings is 1. The first-order valence-corrected chi connectivity index (χ1v) is 8.27. The lowest BCUT2D eigenvalue weighted by atomic mass is 9.56. The maximum absolute atomic E-state index is 12.9. The zero-order valence-corrected chi connectivity index (χ0v) is 13.4. The molecule has 0 unspecified atom stereocenters. The maximum atomic E-state index is 12.9. The fourth-order valence-electron chi connectivity index (χ4n) is 3.81. The van der Waals surface area contributed by atoms with E-state index in [1.165, 1.54) is 0 Å². The monoisotopic (exact) mass is 317 g/mol. The van der Waals surface area contributed by atoms with Crippen LogP contribution in [-0.4, -0.2) is 49.9 Å². The number of hydrogen-bond donors (Lipinski definition) is 3. The summed E-state index contributed by atoms with van der Waals surface area (Å²) < 4.78 is 5.63. The lowest BCUT2D eigenvalue weighted by Crippen LogP contribution is -2.73. The highest BCUT2D eigenvalue weighted by Gasteiger charge is 2.61. The van der Waals surface area contributed by atoms with Crippen molar-refractivity contribution in [2.75, 3.05) is 43.5 Å². The molecule has 124 valence electrons. The Morgan fingerprint density at radius 3 is 2.78 bits per heavy atom. The first-order valence-electron chi connectivity index (χ1n) is 8.27. The first-order chi connectivity index (χ1) is 11.0. The van der Waals surface area contributed by atoms with Gasteiger partial charge in [0.15, 0.2) is 0 Å². The standard InChI is InChI=1S/C17H23N3O3/c1-20-7-8-23-14-4-3-12(9-13(14)20)19-15(21)16(5-2-6-16)17(22)10-18-11-17/h3-4,9,18,22H,2,5-8,10-11H2,1H3,(H,19,21). The Morgan fingerprint density at radius 1 is 1.39 bits per heavy atom. The zero-order chi connectivity index (χ0) is 16.1. The van der Waals surface area contributed by atoms with Crippen molar-refractivity contribution < 1.29 is 14.6 Å². The Kier molecular flexibility index (Phi) is 3.28. The molecule has 3 aliphatic rings. The maximum Gasteiger partial charge on any atom is 0.233 e. The van der Waals surface area contributed by atoms with Gasteiger partial charge in [-0.05, 0) is 31.0 Å². The van der Waals surface area contributed by atoms with Crippen molar-refractivity contribution in [2.45, 2.75) is 24.9 Å². The van der Waals surface area contributed by atoms with Crippen molar-refractivity contribution in [3.05, 3.63) is 18.2 Å². The van der Waals surface area contributed by atoms with E-state index in [1.54, 1.807) is 0 Å². The number of carbonyl (C=O) groups excluding carboxylic acids is 1. The summed E-state index contributed by atoms with van der Waals surface area (Å²) in [4.78, 5) is 15.0. The SMILES string of the molecule is CN1CCOc2ccc(NC(=O)C3(C4(O)CNC4)CCC3)cc21. The number of fused-ring (bicyclic) bond motifs is 1. The van der Waals surface area contributed by atoms with Gasteiger partial charge in [-0.25, -0.2) is 0 Å². The zero-order valence-electron chi connectivity index (χ0n) is 13.4. The normalized spacial score (nSPS) is 23.8. The number of anilines is 2. The molecule has 0 atom stereocenters. The number of hydrogen-bond acceptors (Lipinski definition) is 5. The van der Waals surface area contributed by atoms with E-state index >= 15 is 0 Å². The van der Waals surface area contributed by atoms with E-state index in [4.69, 9.17) is 4.74 Å². The molecule has 2 fully saturated rings. The van der Waals surface area contributed by atoms with Crippen LogP contribution in [0.2, 0.25) is 0 Å². The van der Waals surface area contributed by atoms with Crippen LogP contribution in [0, 0.1) is 5.41 Å². The molecular weight excluding hydrogens is 294 g/mol. The average molecular weight is 317 g/mol. The van der Waals surface area contributed by atoms with E-state index in [2.05, 4.69) is 15.5 Å². The molecule has 0 radical (unpaired) electrons. The van der Waals surface area contributed by atoms with Gasteiger partial charge in [0.25, 0.3) is 0 Å². The number of nitrogens with one attached hydrogen (secondary N) is 2. The van der Waals surface area contributed by atoms with Gasteiger partial charge in [-0.2, -0.15) is 0 Å². The fourth-order valence-corrected chi connectivity index (χ4v) is 3.81. The van der Waals surface area contributed by atoms with Crippen molar-refractivity contribution >= 4 is 17.3 Å². The number of ether oxygens (including phenoxy) is 1. The fraction of sp³-hybridized carbons (Fsp3) is 0.588. The quantitative estimate of drug-likeness (QED) is 0.774. The van der Waals surface area contributed by atoms with Gasteiger partial charge in [-0.15, -0.1) is 0 Å². The van der Waals surface area contributed by atoms with Crippen LogP contribution in [0.4, 0.5) is 11.4 Å². The molecule has 1 saturated heterocycles. The summed E-state index contributed by atoms with van der Waals surface area (Å²) in [5.41, 5.74) is 0.203. The molecule has 3 N–H and O–H groups in total. The van der Waals surface area contributed by atoms with Crippen LogP contribution in [0.3, 0.4) is 0 Å². The molecule has 1 aromatic carbocycles. The molecular formula is C17H23N3O3. The number of carbonyl (C=O) groups is 1. The van der Waals surface area contributed by atoms with Gasteiger partial charge < -0.3 is 25.4 Å². The third-order valence-electron chi connectivity index (χ3n) is 5.68. The third kappa shape index (κ3) is 2.12. The Hall–Kier alpha value is -1.79. The van der Waals surface area contributed by atoms with Crippen LogP contribution in [0.5, 0.6) is 5.75 Å². The van der Waals surface area contributed by atoms with Gasteiger partial charge in [-0.3, -0.25) is 4.79 Å². The van der Waals surface area contributed by atoms with Crippen LogP contribution in [-0.2, 0) is 4.79 Å². The van der Waals surface area contributed by atoms with E-state index in [9.17, 15) is 9.90 Å². The van der Waals surface area contributed by atoms with Crippen molar-refractivity contribution in [1.82, 2.24) is 5.32 Å². The second kappa shape index (κ2) is 5.11. The highest BCUT2D eigenvalue weighted by Crippen LogP contribution is 2.51.